The predicted molar refractivity (Wildman–Crippen MR) is 155 cm³/mol. The number of hydrogen-bond donors (Lipinski definition) is 3. The van der Waals surface area contributed by atoms with E-state index in [0.717, 1.165) is 63.2 Å². The second-order valence-electron chi connectivity index (χ2n) is 9.71. The molecule has 0 radical (unpaired) electrons. The number of aryl methyl sites for hydroxylation is 1. The molecule has 3 N–H and O–H groups in total. The molecule has 0 spiro atoms. The Balaban J connectivity index is 0.00000144. The standard InChI is InChI=1S/C26H29N7O2S.C2H6/c1-14-11-21(32-26(29-14)35-16-5-4-10-33(3)13-16)31-20-9-6-17-18(30-20)7-8-19-22(17)23-24(36-19)25(34)28-15(2)12-27-23;1-2/h6-9,11,15-16,27H,4-5,10,12-13H2,1-3H3,(H,28,34)(H,29,30,31,32);1-2H3/t15-,16?;/m1./s1. The van der Waals surface area contributed by atoms with E-state index in [1.54, 1.807) is 0 Å². The van der Waals surface area contributed by atoms with Crippen LogP contribution in [0.4, 0.5) is 17.3 Å². The number of ether oxygens (including phenoxy) is 1. The van der Waals surface area contributed by atoms with Crippen molar-refractivity contribution in [2.75, 3.05) is 37.3 Å². The van der Waals surface area contributed by atoms with Crippen LogP contribution in [0.1, 0.15) is 49.0 Å². The van der Waals surface area contributed by atoms with Gasteiger partial charge in [0.15, 0.2) is 0 Å². The summed E-state index contributed by atoms with van der Waals surface area (Å²) in [6, 6.07) is 10.4. The number of carbonyl (C=O) groups excluding carboxylic acids is 1. The summed E-state index contributed by atoms with van der Waals surface area (Å²) in [6.07, 6.45) is 2.21. The molecule has 1 saturated heterocycles. The Morgan fingerprint density at radius 2 is 1.97 bits per heavy atom. The van der Waals surface area contributed by atoms with Gasteiger partial charge in [-0.2, -0.15) is 4.98 Å². The van der Waals surface area contributed by atoms with Crippen LogP contribution in [0.25, 0.3) is 21.0 Å². The maximum absolute atomic E-state index is 12.7. The van der Waals surface area contributed by atoms with E-state index in [9.17, 15) is 4.79 Å². The number of anilines is 3. The van der Waals surface area contributed by atoms with Gasteiger partial charge in [0.2, 0.25) is 0 Å². The van der Waals surface area contributed by atoms with Gasteiger partial charge in [-0.1, -0.05) is 13.8 Å². The number of rotatable bonds is 4. The van der Waals surface area contributed by atoms with E-state index in [1.165, 1.54) is 11.3 Å². The van der Waals surface area contributed by atoms with Crippen molar-refractivity contribution in [2.45, 2.75) is 52.7 Å². The molecule has 1 amide bonds. The molecule has 10 heteroatoms. The zero-order chi connectivity index (χ0) is 26.8. The molecule has 4 aromatic rings. The first-order valence-electron chi connectivity index (χ1n) is 13.3. The second kappa shape index (κ2) is 11.1. The molecule has 38 heavy (non-hydrogen) atoms. The van der Waals surface area contributed by atoms with Crippen LogP contribution in [0.5, 0.6) is 6.01 Å². The highest BCUT2D eigenvalue weighted by Crippen LogP contribution is 2.41. The van der Waals surface area contributed by atoms with Gasteiger partial charge in [-0.15, -0.1) is 11.3 Å². The van der Waals surface area contributed by atoms with Gasteiger partial charge in [0.25, 0.3) is 5.91 Å². The fourth-order valence-corrected chi connectivity index (χ4v) is 6.05. The number of carbonyl (C=O) groups is 1. The molecule has 1 aromatic carbocycles. The highest BCUT2D eigenvalue weighted by atomic mass is 32.1. The lowest BCUT2D eigenvalue weighted by molar-refractivity contribution is 0.0947. The number of likely N-dealkylation sites (N-methyl/N-ethyl adjacent to an activating group) is 1. The number of aromatic nitrogens is 3. The summed E-state index contributed by atoms with van der Waals surface area (Å²) in [4.78, 5) is 29.6. The Bertz CT molecular complexity index is 1470. The van der Waals surface area contributed by atoms with Gasteiger partial charge in [-0.25, -0.2) is 9.97 Å². The molecule has 9 nitrogen and oxygen atoms in total. The topological polar surface area (TPSA) is 104 Å². The smallest absolute Gasteiger partial charge is 0.318 e. The van der Waals surface area contributed by atoms with E-state index in [2.05, 4.69) is 43.9 Å². The molecule has 2 atom stereocenters. The molecule has 0 saturated carbocycles. The molecule has 5 heterocycles. The van der Waals surface area contributed by atoms with E-state index < -0.39 is 0 Å². The van der Waals surface area contributed by atoms with Gasteiger partial charge in [-0.3, -0.25) is 4.79 Å². The lowest BCUT2D eigenvalue weighted by Crippen LogP contribution is -2.38. The van der Waals surface area contributed by atoms with E-state index in [-0.39, 0.29) is 18.1 Å². The minimum Gasteiger partial charge on any atom is -0.459 e. The zero-order valence-corrected chi connectivity index (χ0v) is 23.4. The summed E-state index contributed by atoms with van der Waals surface area (Å²) < 4.78 is 7.17. The second-order valence-corrected chi connectivity index (χ2v) is 10.8. The van der Waals surface area contributed by atoms with Gasteiger partial charge in [0.05, 0.1) is 11.2 Å². The van der Waals surface area contributed by atoms with Crippen molar-refractivity contribution in [3.8, 4) is 6.01 Å². The molecule has 2 aliphatic heterocycles. The van der Waals surface area contributed by atoms with Crippen LogP contribution >= 0.6 is 11.3 Å². The zero-order valence-electron chi connectivity index (χ0n) is 22.6. The quantitative estimate of drug-likeness (QED) is 0.323. The fraction of sp³-hybridized carbons (Fsp3) is 0.429. The summed E-state index contributed by atoms with van der Waals surface area (Å²) in [5, 5.41) is 11.9. The van der Waals surface area contributed by atoms with Crippen LogP contribution in [0.2, 0.25) is 0 Å². The Morgan fingerprint density at radius 3 is 2.79 bits per heavy atom. The van der Waals surface area contributed by atoms with E-state index in [4.69, 9.17) is 9.72 Å². The predicted octanol–water partition coefficient (Wildman–Crippen LogP) is 5.33. The van der Waals surface area contributed by atoms with Crippen LogP contribution in [-0.4, -0.2) is 64.6 Å². The van der Waals surface area contributed by atoms with Crippen LogP contribution in [0.3, 0.4) is 0 Å². The SMILES string of the molecule is CC.Cc1cc(Nc2ccc3c(ccc4sc5c(c43)NC[C@@H](C)NC5=O)n2)nc(OC2CCCN(C)C2)n1. The molecule has 1 fully saturated rings. The number of nitrogens with zero attached hydrogens (tertiary/aromatic N) is 4. The van der Waals surface area contributed by atoms with Gasteiger partial charge >= 0.3 is 6.01 Å². The number of hydrogen-bond acceptors (Lipinski definition) is 9. The van der Waals surface area contributed by atoms with Gasteiger partial charge < -0.3 is 25.6 Å². The van der Waals surface area contributed by atoms with Crippen molar-refractivity contribution in [2.24, 2.45) is 0 Å². The lowest BCUT2D eigenvalue weighted by Gasteiger charge is -2.29. The molecule has 2 aliphatic rings. The van der Waals surface area contributed by atoms with Crippen molar-refractivity contribution in [3.63, 3.8) is 0 Å². The molecule has 0 bridgehead atoms. The molecular formula is C28H35N7O2S. The first kappa shape index (κ1) is 26.1. The van der Waals surface area contributed by atoms with Crippen molar-refractivity contribution in [1.82, 2.24) is 25.2 Å². The highest BCUT2D eigenvalue weighted by molar-refractivity contribution is 7.21. The number of pyridine rings is 1. The summed E-state index contributed by atoms with van der Waals surface area (Å²) in [6.45, 7) is 10.6. The largest absolute Gasteiger partial charge is 0.459 e. The van der Waals surface area contributed by atoms with Crippen molar-refractivity contribution in [3.05, 3.63) is 40.9 Å². The Labute approximate surface area is 227 Å². The molecule has 6 rings (SSSR count). The summed E-state index contributed by atoms with van der Waals surface area (Å²) >= 11 is 1.51. The Kier molecular flexibility index (Phi) is 7.62. The van der Waals surface area contributed by atoms with Crippen molar-refractivity contribution < 1.29 is 9.53 Å². The number of thiophene rings is 1. The van der Waals surface area contributed by atoms with Crippen LogP contribution in [0, 0.1) is 6.92 Å². The van der Waals surface area contributed by atoms with Crippen molar-refractivity contribution in [1.29, 1.82) is 0 Å². The molecule has 200 valence electrons. The molecule has 1 unspecified atom stereocenters. The van der Waals surface area contributed by atoms with Crippen LogP contribution < -0.4 is 20.7 Å². The number of benzene rings is 1. The molecular weight excluding hydrogens is 498 g/mol. The van der Waals surface area contributed by atoms with E-state index in [1.807, 2.05) is 52.0 Å². The van der Waals surface area contributed by atoms with Gasteiger partial charge in [0, 0.05) is 46.4 Å². The highest BCUT2D eigenvalue weighted by Gasteiger charge is 2.25. The third-order valence-electron chi connectivity index (χ3n) is 6.63. The maximum atomic E-state index is 12.7. The van der Waals surface area contributed by atoms with E-state index in [0.29, 0.717) is 24.2 Å². The number of fused-ring (bicyclic) bond motifs is 5. The average Bonchev–Trinajstić information content (AvgIpc) is 3.21. The monoisotopic (exact) mass is 533 g/mol. The third kappa shape index (κ3) is 5.37. The maximum Gasteiger partial charge on any atom is 0.318 e. The van der Waals surface area contributed by atoms with Gasteiger partial charge in [0.1, 0.15) is 22.6 Å². The van der Waals surface area contributed by atoms with E-state index >= 15 is 0 Å². The minimum absolute atomic E-state index is 0.0277. The third-order valence-corrected chi connectivity index (χ3v) is 7.79. The summed E-state index contributed by atoms with van der Waals surface area (Å²) in [5.41, 5.74) is 2.57. The normalized spacial score (nSPS) is 19.6. The molecule has 0 aliphatic carbocycles. The van der Waals surface area contributed by atoms with Crippen LogP contribution in [-0.2, 0) is 0 Å². The molecule has 3 aromatic heterocycles. The summed E-state index contributed by atoms with van der Waals surface area (Å²) in [5.74, 6) is 1.30. The van der Waals surface area contributed by atoms with Gasteiger partial charge in [-0.05, 0) is 64.5 Å². The first-order chi connectivity index (χ1) is 18.4. The lowest BCUT2D eigenvalue weighted by atomic mass is 10.1. The summed E-state index contributed by atoms with van der Waals surface area (Å²) in [7, 11) is 2.11. The Morgan fingerprint density at radius 1 is 1.13 bits per heavy atom. The number of piperidine rings is 1. The fourth-order valence-electron chi connectivity index (χ4n) is 4.95. The Hall–Kier alpha value is -3.50. The number of amides is 1. The van der Waals surface area contributed by atoms with Crippen LogP contribution in [0.15, 0.2) is 30.3 Å². The first-order valence-corrected chi connectivity index (χ1v) is 14.1. The van der Waals surface area contributed by atoms with Crippen molar-refractivity contribution >= 4 is 55.6 Å². The number of nitrogens with one attached hydrogen (secondary N) is 3. The average molecular weight is 534 g/mol. The number of likely N-dealkylation sites (tertiary alicyclic amines) is 1. The minimum atomic E-state index is -0.0277.